The Bertz CT molecular complexity index is 1180. The largest absolute Gasteiger partial charge is 0.497 e. The molecule has 0 saturated carbocycles. The van der Waals surface area contributed by atoms with E-state index in [-0.39, 0.29) is 16.3 Å². The average molecular weight is 382 g/mol. The molecular formula is C23H14F4O. The van der Waals surface area contributed by atoms with Gasteiger partial charge >= 0.3 is 0 Å². The number of halogens is 4. The maximum absolute atomic E-state index is 14.8. The van der Waals surface area contributed by atoms with E-state index in [4.69, 9.17) is 4.74 Å². The number of ether oxygens (including phenoxy) is 1. The monoisotopic (exact) mass is 382 g/mol. The Balaban J connectivity index is 1.76. The highest BCUT2D eigenvalue weighted by Crippen LogP contribution is 2.32. The van der Waals surface area contributed by atoms with Gasteiger partial charge in [-0.25, -0.2) is 17.6 Å². The first-order chi connectivity index (χ1) is 13.5. The van der Waals surface area contributed by atoms with E-state index in [1.54, 1.807) is 31.4 Å². The topological polar surface area (TPSA) is 9.23 Å². The Morgan fingerprint density at radius 1 is 0.607 bits per heavy atom. The first-order valence-electron chi connectivity index (χ1n) is 8.49. The standard InChI is InChI=1S/C23H14F4O/c1-28-17-6-2-13(3-7-17)14-4-8-18(20(24)11-14)15-5-9-19-16(10-15)12-21(25)23(27)22(19)26/h2-12H,1H3. The van der Waals surface area contributed by atoms with Crippen LogP contribution in [0.5, 0.6) is 5.75 Å². The van der Waals surface area contributed by atoms with Crippen LogP contribution in [0.3, 0.4) is 0 Å². The minimum Gasteiger partial charge on any atom is -0.497 e. The number of fused-ring (bicyclic) bond motifs is 1. The lowest BCUT2D eigenvalue weighted by atomic mass is 9.97. The molecule has 0 aliphatic rings. The molecule has 0 spiro atoms. The van der Waals surface area contributed by atoms with Gasteiger partial charge in [0.05, 0.1) is 7.11 Å². The summed E-state index contributed by atoms with van der Waals surface area (Å²) in [6, 6.07) is 17.1. The van der Waals surface area contributed by atoms with Crippen LogP contribution in [0.1, 0.15) is 0 Å². The molecule has 0 aliphatic carbocycles. The summed E-state index contributed by atoms with van der Waals surface area (Å²) in [6.45, 7) is 0. The predicted octanol–water partition coefficient (Wildman–Crippen LogP) is 6.74. The fourth-order valence-corrected chi connectivity index (χ4v) is 3.18. The van der Waals surface area contributed by atoms with E-state index < -0.39 is 23.3 Å². The van der Waals surface area contributed by atoms with Crippen molar-refractivity contribution in [2.45, 2.75) is 0 Å². The van der Waals surface area contributed by atoms with Crippen molar-refractivity contribution in [3.8, 4) is 28.0 Å². The summed E-state index contributed by atoms with van der Waals surface area (Å²) in [5.74, 6) is -3.83. The van der Waals surface area contributed by atoms with Crippen molar-refractivity contribution in [3.63, 3.8) is 0 Å². The maximum atomic E-state index is 14.8. The molecule has 0 unspecified atom stereocenters. The van der Waals surface area contributed by atoms with Crippen LogP contribution >= 0.6 is 0 Å². The molecule has 140 valence electrons. The Morgan fingerprint density at radius 3 is 1.96 bits per heavy atom. The second-order valence-electron chi connectivity index (χ2n) is 6.35. The second-order valence-corrected chi connectivity index (χ2v) is 6.35. The van der Waals surface area contributed by atoms with Crippen molar-refractivity contribution in [1.82, 2.24) is 0 Å². The molecular weight excluding hydrogens is 368 g/mol. The number of rotatable bonds is 3. The first-order valence-corrected chi connectivity index (χ1v) is 8.49. The molecule has 4 aromatic carbocycles. The van der Waals surface area contributed by atoms with Gasteiger partial charge in [-0.3, -0.25) is 0 Å². The SMILES string of the molecule is COc1ccc(-c2ccc(-c3ccc4c(F)c(F)c(F)cc4c3)c(F)c2)cc1. The van der Waals surface area contributed by atoms with Crippen molar-refractivity contribution in [2.75, 3.05) is 7.11 Å². The van der Waals surface area contributed by atoms with E-state index in [0.717, 1.165) is 11.6 Å². The smallest absolute Gasteiger partial charge is 0.195 e. The number of methoxy groups -OCH3 is 1. The molecule has 0 N–H and O–H groups in total. The molecule has 0 bridgehead atoms. The quantitative estimate of drug-likeness (QED) is 0.282. The third-order valence-corrected chi connectivity index (χ3v) is 4.68. The molecule has 4 rings (SSSR count). The normalized spacial score (nSPS) is 11.0. The van der Waals surface area contributed by atoms with Gasteiger partial charge in [0.15, 0.2) is 17.5 Å². The summed E-state index contributed by atoms with van der Waals surface area (Å²) in [5.41, 5.74) is 2.23. The van der Waals surface area contributed by atoms with Gasteiger partial charge in [0, 0.05) is 10.9 Å². The van der Waals surface area contributed by atoms with Gasteiger partial charge in [0.2, 0.25) is 0 Å². The highest BCUT2D eigenvalue weighted by atomic mass is 19.2. The molecule has 0 atom stereocenters. The molecule has 28 heavy (non-hydrogen) atoms. The third-order valence-electron chi connectivity index (χ3n) is 4.68. The summed E-state index contributed by atoms with van der Waals surface area (Å²) in [6.07, 6.45) is 0. The number of hydrogen-bond donors (Lipinski definition) is 0. The van der Waals surface area contributed by atoms with E-state index in [0.29, 0.717) is 16.9 Å². The van der Waals surface area contributed by atoms with Crippen LogP contribution < -0.4 is 4.74 Å². The molecule has 0 aliphatic heterocycles. The summed E-state index contributed by atoms with van der Waals surface area (Å²) in [5, 5.41) is 0.102. The summed E-state index contributed by atoms with van der Waals surface area (Å²) in [7, 11) is 1.57. The number of benzene rings is 4. The van der Waals surface area contributed by atoms with Crippen molar-refractivity contribution < 1.29 is 22.3 Å². The zero-order valence-electron chi connectivity index (χ0n) is 14.8. The van der Waals surface area contributed by atoms with Gasteiger partial charge in [-0.1, -0.05) is 36.4 Å². The number of hydrogen-bond acceptors (Lipinski definition) is 1. The average Bonchev–Trinajstić information content (AvgIpc) is 2.72. The zero-order chi connectivity index (χ0) is 19.8. The van der Waals surface area contributed by atoms with E-state index >= 15 is 0 Å². The Labute approximate surface area is 158 Å². The first kappa shape index (κ1) is 18.0. The molecule has 5 heteroatoms. The fraction of sp³-hybridized carbons (Fsp3) is 0.0435. The van der Waals surface area contributed by atoms with Gasteiger partial charge in [0.1, 0.15) is 11.6 Å². The van der Waals surface area contributed by atoms with E-state index in [2.05, 4.69) is 0 Å². The lowest BCUT2D eigenvalue weighted by molar-refractivity contribution is 0.415. The van der Waals surface area contributed by atoms with Crippen LogP contribution in [0, 0.1) is 23.3 Å². The molecule has 0 aromatic heterocycles. The highest BCUT2D eigenvalue weighted by molar-refractivity contribution is 5.88. The van der Waals surface area contributed by atoms with Gasteiger partial charge in [-0.15, -0.1) is 0 Å². The Morgan fingerprint density at radius 2 is 1.29 bits per heavy atom. The van der Waals surface area contributed by atoms with E-state index in [1.807, 2.05) is 12.1 Å². The van der Waals surface area contributed by atoms with Crippen LogP contribution in [0.4, 0.5) is 17.6 Å². The molecule has 0 amide bonds. The third kappa shape index (κ3) is 3.09. The highest BCUT2D eigenvalue weighted by Gasteiger charge is 2.15. The van der Waals surface area contributed by atoms with Crippen LogP contribution in [-0.2, 0) is 0 Å². The molecule has 4 aromatic rings. The van der Waals surface area contributed by atoms with Crippen molar-refractivity contribution in [2.24, 2.45) is 0 Å². The molecule has 1 nitrogen and oxygen atoms in total. The van der Waals surface area contributed by atoms with Gasteiger partial charge < -0.3 is 4.74 Å². The van der Waals surface area contributed by atoms with Crippen molar-refractivity contribution in [3.05, 3.63) is 90.0 Å². The zero-order valence-corrected chi connectivity index (χ0v) is 14.8. The molecule has 0 radical (unpaired) electrons. The van der Waals surface area contributed by atoms with E-state index in [9.17, 15) is 17.6 Å². The lowest BCUT2D eigenvalue weighted by Crippen LogP contribution is -1.93. The lowest BCUT2D eigenvalue weighted by Gasteiger charge is -2.09. The van der Waals surface area contributed by atoms with Crippen LogP contribution in [0.2, 0.25) is 0 Å². The minimum absolute atomic E-state index is 0.0575. The summed E-state index contributed by atoms with van der Waals surface area (Å²) < 4.78 is 60.6. The van der Waals surface area contributed by atoms with Gasteiger partial charge in [-0.05, 0) is 52.4 Å². The van der Waals surface area contributed by atoms with Crippen LogP contribution in [0.25, 0.3) is 33.0 Å². The Kier molecular flexibility index (Phi) is 4.51. The van der Waals surface area contributed by atoms with Crippen molar-refractivity contribution >= 4 is 10.8 Å². The second kappa shape index (κ2) is 7.00. The summed E-state index contributed by atoms with van der Waals surface area (Å²) in [4.78, 5) is 0. The fourth-order valence-electron chi connectivity index (χ4n) is 3.18. The Hall–Kier alpha value is -3.34. The van der Waals surface area contributed by atoms with Gasteiger partial charge in [-0.2, -0.15) is 0 Å². The maximum Gasteiger partial charge on any atom is 0.195 e. The molecule has 0 saturated heterocycles. The van der Waals surface area contributed by atoms with E-state index in [1.165, 1.54) is 24.3 Å². The van der Waals surface area contributed by atoms with Crippen molar-refractivity contribution in [1.29, 1.82) is 0 Å². The molecule has 0 heterocycles. The minimum atomic E-state index is -1.52. The summed E-state index contributed by atoms with van der Waals surface area (Å²) >= 11 is 0. The van der Waals surface area contributed by atoms with Gasteiger partial charge in [0.25, 0.3) is 0 Å². The van der Waals surface area contributed by atoms with Crippen LogP contribution in [0.15, 0.2) is 66.7 Å². The van der Waals surface area contributed by atoms with Crippen LogP contribution in [-0.4, -0.2) is 7.11 Å². The molecule has 0 fully saturated rings. The predicted molar refractivity (Wildman–Crippen MR) is 101 cm³/mol.